The van der Waals surface area contributed by atoms with E-state index in [0.29, 0.717) is 36.2 Å². The van der Waals surface area contributed by atoms with E-state index >= 15 is 0 Å². The van der Waals surface area contributed by atoms with Crippen molar-refractivity contribution in [2.45, 2.75) is 80.4 Å². The molecule has 2 fully saturated rings. The Morgan fingerprint density at radius 1 is 1.10 bits per heavy atom. The molecule has 0 unspecified atom stereocenters. The highest BCUT2D eigenvalue weighted by Crippen LogP contribution is 2.47. The number of benzene rings is 2. The Bertz CT molecular complexity index is 1780. The average Bonchev–Trinajstić information content (AvgIpc) is 3.39. The number of amides is 1. The smallest absolute Gasteiger partial charge is 0.407 e. The van der Waals surface area contributed by atoms with Crippen molar-refractivity contribution in [2.24, 2.45) is 11.8 Å². The fourth-order valence-corrected chi connectivity index (χ4v) is 10.0. The molecule has 1 spiro atoms. The van der Waals surface area contributed by atoms with Gasteiger partial charge in [0, 0.05) is 42.0 Å². The number of nitrogens with zero attached hydrogens (tertiary/aromatic N) is 2. The number of sulfone groups is 1. The molecule has 1 amide bonds. The molecule has 12 heteroatoms. The van der Waals surface area contributed by atoms with Gasteiger partial charge in [0.1, 0.15) is 23.2 Å². The second-order valence-corrected chi connectivity index (χ2v) is 17.9. The van der Waals surface area contributed by atoms with Crippen molar-refractivity contribution in [2.75, 3.05) is 57.1 Å². The maximum absolute atomic E-state index is 13.8. The van der Waals surface area contributed by atoms with Crippen LogP contribution in [0, 0.1) is 11.8 Å². The maximum atomic E-state index is 13.8. The minimum Gasteiger partial charge on any atom is -0.490 e. The monoisotopic (exact) mass is 725 g/mol. The van der Waals surface area contributed by atoms with Crippen molar-refractivity contribution < 1.29 is 32.2 Å². The summed E-state index contributed by atoms with van der Waals surface area (Å²) in [5.74, 6) is -0.404. The van der Waals surface area contributed by atoms with Gasteiger partial charge in [0.2, 0.25) is 0 Å². The Hall–Kier alpha value is -3.12. The number of rotatable bonds is 2. The Balaban J connectivity index is 1.25. The first-order chi connectivity index (χ1) is 23.8. The number of carbonyl (C=O) groups excluding carboxylic acids is 2. The molecule has 1 saturated heterocycles. The molecular weight excluding hydrogens is 678 g/mol. The molecular formula is C38H48ClN3O7S. The number of aryl methyl sites for hydroxylation is 1. The van der Waals surface area contributed by atoms with Crippen LogP contribution in [-0.4, -0.2) is 95.1 Å². The summed E-state index contributed by atoms with van der Waals surface area (Å²) >= 11 is 6.44. The number of likely N-dealkylation sites (tertiary alicyclic amines) is 1. The summed E-state index contributed by atoms with van der Waals surface area (Å²) in [5.41, 5.74) is 1.45. The summed E-state index contributed by atoms with van der Waals surface area (Å²) in [7, 11) is -1.95. The van der Waals surface area contributed by atoms with Crippen LogP contribution in [0.1, 0.15) is 57.1 Å². The lowest BCUT2D eigenvalue weighted by Gasteiger charge is -2.46. The Morgan fingerprint density at radius 2 is 1.94 bits per heavy atom. The third kappa shape index (κ3) is 7.16. The molecule has 3 aliphatic heterocycles. The average molecular weight is 726 g/mol. The van der Waals surface area contributed by atoms with Crippen LogP contribution in [0.15, 0.2) is 53.4 Å². The Kier molecular flexibility index (Phi) is 9.73. The number of ether oxygens (including phenoxy) is 3. The highest BCUT2D eigenvalue weighted by Gasteiger charge is 2.45. The van der Waals surface area contributed by atoms with Gasteiger partial charge < -0.3 is 29.3 Å². The van der Waals surface area contributed by atoms with Gasteiger partial charge in [-0.1, -0.05) is 23.7 Å². The number of carbonyl (C=O) groups is 2. The number of anilines is 1. The molecule has 0 aromatic heterocycles. The summed E-state index contributed by atoms with van der Waals surface area (Å²) in [6.45, 7) is 6.64. The molecule has 0 radical (unpaired) electrons. The predicted octanol–water partition coefficient (Wildman–Crippen LogP) is 5.35. The van der Waals surface area contributed by atoms with Crippen LogP contribution in [0.2, 0.25) is 5.02 Å². The third-order valence-electron chi connectivity index (χ3n) is 11.5. The predicted molar refractivity (Wildman–Crippen MR) is 192 cm³/mol. The van der Waals surface area contributed by atoms with Gasteiger partial charge >= 0.3 is 6.09 Å². The topological polar surface area (TPSA) is 114 Å². The molecule has 50 heavy (non-hydrogen) atoms. The SMILES string of the molecule is CN1CC[C@@H](NC(=O)O[C@H]2/C=C/COC(C)(C)C(=O)CS(=O)(=O)c3ccc4c(c3)N(C[C@@H]3CC[C@H]32)C[C@@]2(CCCc3cc(Cl)ccc32)CO4)C1. The van der Waals surface area contributed by atoms with Crippen molar-refractivity contribution in [1.82, 2.24) is 10.2 Å². The number of hydrogen-bond donors (Lipinski definition) is 1. The normalized spacial score (nSPS) is 31.4. The number of hydrogen-bond acceptors (Lipinski definition) is 9. The number of Topliss-reactive ketones (excluding diaryl/α,β-unsaturated/α-hetero) is 1. The lowest BCUT2D eigenvalue weighted by molar-refractivity contribution is -0.136. The first-order valence-corrected chi connectivity index (χ1v) is 19.9. The third-order valence-corrected chi connectivity index (χ3v) is 13.4. The summed E-state index contributed by atoms with van der Waals surface area (Å²) < 4.78 is 46.2. The van der Waals surface area contributed by atoms with E-state index in [1.165, 1.54) is 11.1 Å². The fraction of sp³-hybridized carbons (Fsp3) is 0.579. The molecule has 1 N–H and O–H groups in total. The standard InChI is InChI=1S/C38H48ClN3O7S/c1-37(2)35(43)22-50(45,46)29-10-13-34-32(19-29)42(23-38(24-47-34)15-4-6-25-18-27(39)9-12-31(25)38)20-26-8-11-30(26)33(7-5-17-48-37)49-36(44)40-28-14-16-41(3)21-28/h5,7,9-10,12-13,18-19,26,28,30,33H,4,6,8,11,14-17,20-24H2,1-3H3,(H,40,44)/b7-5+/t26-,28+,30+,33-,38-/m0/s1. The second kappa shape index (κ2) is 13.8. The van der Waals surface area contributed by atoms with Gasteiger partial charge in [-0.25, -0.2) is 13.2 Å². The quantitative estimate of drug-likeness (QED) is 0.410. The van der Waals surface area contributed by atoms with Crippen molar-refractivity contribution in [3.05, 3.63) is 64.7 Å². The minimum atomic E-state index is -3.99. The highest BCUT2D eigenvalue weighted by atomic mass is 35.5. The summed E-state index contributed by atoms with van der Waals surface area (Å²) in [6, 6.07) is 11.1. The van der Waals surface area contributed by atoms with Crippen molar-refractivity contribution in [1.29, 1.82) is 0 Å². The van der Waals surface area contributed by atoms with Crippen LogP contribution in [0.4, 0.5) is 10.5 Å². The largest absolute Gasteiger partial charge is 0.490 e. The van der Waals surface area contributed by atoms with Crippen LogP contribution in [0.5, 0.6) is 5.75 Å². The Morgan fingerprint density at radius 3 is 2.70 bits per heavy atom. The molecule has 2 bridgehead atoms. The lowest BCUT2D eigenvalue weighted by Crippen LogP contribution is -2.50. The van der Waals surface area contributed by atoms with Gasteiger partial charge in [0.15, 0.2) is 15.6 Å². The van der Waals surface area contributed by atoms with E-state index in [1.807, 2.05) is 19.2 Å². The number of ketones is 1. The summed E-state index contributed by atoms with van der Waals surface area (Å²) in [4.78, 5) is 31.2. The molecule has 5 aliphatic rings. The molecule has 2 aliphatic carbocycles. The van der Waals surface area contributed by atoms with Gasteiger partial charge in [0.05, 0.1) is 23.8 Å². The van der Waals surface area contributed by atoms with Crippen LogP contribution in [0.3, 0.4) is 0 Å². The minimum absolute atomic E-state index is 0.0403. The van der Waals surface area contributed by atoms with E-state index in [1.54, 1.807) is 38.1 Å². The highest BCUT2D eigenvalue weighted by molar-refractivity contribution is 7.92. The van der Waals surface area contributed by atoms with E-state index in [2.05, 4.69) is 27.2 Å². The van der Waals surface area contributed by atoms with E-state index in [4.69, 9.17) is 25.8 Å². The first kappa shape index (κ1) is 35.3. The van der Waals surface area contributed by atoms with Crippen molar-refractivity contribution >= 4 is 39.0 Å². The van der Waals surface area contributed by atoms with Gasteiger partial charge in [-0.05, 0) is 119 Å². The van der Waals surface area contributed by atoms with Gasteiger partial charge in [-0.3, -0.25) is 4.79 Å². The fourth-order valence-electron chi connectivity index (χ4n) is 8.43. The van der Waals surface area contributed by atoms with Crippen LogP contribution in [0.25, 0.3) is 0 Å². The molecule has 5 atom stereocenters. The zero-order chi connectivity index (χ0) is 35.3. The first-order valence-electron chi connectivity index (χ1n) is 17.8. The van der Waals surface area contributed by atoms with E-state index in [-0.39, 0.29) is 34.8 Å². The van der Waals surface area contributed by atoms with Crippen molar-refractivity contribution in [3.8, 4) is 5.75 Å². The van der Waals surface area contributed by atoms with E-state index in [0.717, 1.165) is 51.6 Å². The van der Waals surface area contributed by atoms with Crippen LogP contribution >= 0.6 is 11.6 Å². The number of likely N-dealkylation sites (N-methyl/N-ethyl adjacent to an activating group) is 1. The molecule has 2 aromatic rings. The molecule has 7 rings (SSSR count). The van der Waals surface area contributed by atoms with Gasteiger partial charge in [0.25, 0.3) is 0 Å². The molecule has 270 valence electrons. The lowest BCUT2D eigenvalue weighted by atomic mass is 9.68. The molecule has 1 saturated carbocycles. The van der Waals surface area contributed by atoms with Crippen LogP contribution in [-0.2, 0) is 35.9 Å². The van der Waals surface area contributed by atoms with Gasteiger partial charge in [-0.15, -0.1) is 0 Å². The molecule has 2 aromatic carbocycles. The van der Waals surface area contributed by atoms with Gasteiger partial charge in [-0.2, -0.15) is 0 Å². The zero-order valence-electron chi connectivity index (χ0n) is 29.2. The van der Waals surface area contributed by atoms with Crippen molar-refractivity contribution in [3.63, 3.8) is 0 Å². The number of nitrogens with one attached hydrogen (secondary N) is 1. The zero-order valence-corrected chi connectivity index (χ0v) is 30.7. The number of fused-ring (bicyclic) bond motifs is 4. The maximum Gasteiger partial charge on any atom is 0.407 e. The number of halogens is 1. The van der Waals surface area contributed by atoms with E-state index in [9.17, 15) is 18.0 Å². The van der Waals surface area contributed by atoms with E-state index < -0.39 is 39.2 Å². The summed E-state index contributed by atoms with van der Waals surface area (Å²) in [6.07, 6.45) is 8.26. The molecule has 3 heterocycles. The Labute approximate surface area is 300 Å². The second-order valence-electron chi connectivity index (χ2n) is 15.4. The summed E-state index contributed by atoms with van der Waals surface area (Å²) in [5, 5.41) is 3.77. The molecule has 10 nitrogen and oxygen atoms in total. The number of alkyl carbamates (subject to hydrolysis) is 1. The van der Waals surface area contributed by atoms with Crippen LogP contribution < -0.4 is 15.0 Å².